The number of fused-ring (bicyclic) bond motifs is 2. The number of esters is 1. The van der Waals surface area contributed by atoms with Gasteiger partial charge in [0, 0.05) is 18.9 Å². The Morgan fingerprint density at radius 1 is 1.00 bits per heavy atom. The molecule has 0 aromatic carbocycles. The van der Waals surface area contributed by atoms with Crippen LogP contribution in [-0.2, 0) is 9.53 Å². The first kappa shape index (κ1) is 13.4. The first-order valence-corrected chi connectivity index (χ1v) is 8.17. The van der Waals surface area contributed by atoms with Crippen LogP contribution < -0.4 is 0 Å². The molecule has 3 nitrogen and oxygen atoms in total. The van der Waals surface area contributed by atoms with E-state index in [9.17, 15) is 4.79 Å². The smallest absolute Gasteiger partial charge is 0.302 e. The Morgan fingerprint density at radius 2 is 1.79 bits per heavy atom. The number of hydrogen-bond acceptors (Lipinski definition) is 3. The molecule has 1 heterocycles. The van der Waals surface area contributed by atoms with E-state index in [1.54, 1.807) is 6.92 Å². The van der Waals surface area contributed by atoms with Crippen molar-refractivity contribution >= 4 is 5.97 Å². The Kier molecular flexibility index (Phi) is 4.11. The van der Waals surface area contributed by atoms with Gasteiger partial charge >= 0.3 is 5.97 Å². The first-order valence-electron chi connectivity index (χ1n) is 8.17. The third kappa shape index (κ3) is 2.81. The molecular weight excluding hydrogens is 238 g/mol. The maximum atomic E-state index is 11.4. The fraction of sp³-hybridized carbons (Fsp3) is 0.938. The minimum atomic E-state index is -0.0822. The second kappa shape index (κ2) is 5.82. The van der Waals surface area contributed by atoms with Crippen LogP contribution in [-0.4, -0.2) is 36.1 Å². The molecule has 0 unspecified atom stereocenters. The van der Waals surface area contributed by atoms with Gasteiger partial charge in [0.1, 0.15) is 6.10 Å². The lowest BCUT2D eigenvalue weighted by molar-refractivity contribution is -0.162. The summed E-state index contributed by atoms with van der Waals surface area (Å²) in [5, 5.41) is 0. The maximum absolute atomic E-state index is 11.4. The van der Waals surface area contributed by atoms with Crippen LogP contribution in [0.2, 0.25) is 0 Å². The Bertz CT molecular complexity index is 325. The Morgan fingerprint density at radius 3 is 2.53 bits per heavy atom. The van der Waals surface area contributed by atoms with E-state index in [-0.39, 0.29) is 12.1 Å². The number of rotatable bonds is 2. The summed E-state index contributed by atoms with van der Waals surface area (Å²) in [5.74, 6) is 1.17. The molecule has 19 heavy (non-hydrogen) atoms. The number of likely N-dealkylation sites (tertiary alicyclic amines) is 1. The number of carbonyl (C=O) groups is 1. The van der Waals surface area contributed by atoms with Gasteiger partial charge in [-0.2, -0.15) is 0 Å². The van der Waals surface area contributed by atoms with E-state index in [0.29, 0.717) is 17.9 Å². The van der Waals surface area contributed by atoms with Crippen LogP contribution in [0.3, 0.4) is 0 Å². The molecule has 3 heteroatoms. The van der Waals surface area contributed by atoms with E-state index in [4.69, 9.17) is 4.74 Å². The molecule has 108 valence electrons. The topological polar surface area (TPSA) is 29.5 Å². The van der Waals surface area contributed by atoms with Crippen molar-refractivity contribution in [1.82, 2.24) is 4.90 Å². The minimum absolute atomic E-state index is 0.0822. The zero-order chi connectivity index (χ0) is 13.2. The van der Waals surface area contributed by atoms with Crippen LogP contribution in [0.1, 0.15) is 58.3 Å². The highest BCUT2D eigenvalue weighted by molar-refractivity contribution is 5.66. The number of nitrogens with zero attached hydrogens (tertiary/aromatic N) is 1. The third-order valence-electron chi connectivity index (χ3n) is 5.49. The van der Waals surface area contributed by atoms with Crippen molar-refractivity contribution in [2.75, 3.05) is 13.1 Å². The monoisotopic (exact) mass is 265 g/mol. The molecule has 2 bridgehead atoms. The number of piperidine rings is 1. The van der Waals surface area contributed by atoms with Gasteiger partial charge in [-0.3, -0.25) is 9.69 Å². The average molecular weight is 265 g/mol. The largest absolute Gasteiger partial charge is 0.462 e. The van der Waals surface area contributed by atoms with Gasteiger partial charge in [0.05, 0.1) is 0 Å². The molecule has 3 fully saturated rings. The molecule has 3 rings (SSSR count). The highest BCUT2D eigenvalue weighted by Gasteiger charge is 2.45. The highest BCUT2D eigenvalue weighted by Crippen LogP contribution is 2.44. The predicted molar refractivity (Wildman–Crippen MR) is 74.8 cm³/mol. The van der Waals surface area contributed by atoms with Crippen molar-refractivity contribution < 1.29 is 9.53 Å². The molecule has 0 aromatic heterocycles. The number of ether oxygens (including phenoxy) is 1. The van der Waals surface area contributed by atoms with Gasteiger partial charge in [-0.05, 0) is 57.5 Å². The molecular formula is C16H27NO2. The summed E-state index contributed by atoms with van der Waals surface area (Å²) in [6.45, 7) is 4.09. The van der Waals surface area contributed by atoms with E-state index in [1.165, 1.54) is 64.5 Å². The van der Waals surface area contributed by atoms with E-state index in [0.717, 1.165) is 0 Å². The van der Waals surface area contributed by atoms with Gasteiger partial charge in [-0.1, -0.05) is 12.8 Å². The standard InChI is InChI=1S/C16H27NO2/c1-12(18)19-16-13-6-5-7-14(16)15(9-8-13)17-10-3-2-4-11-17/h13-16H,2-11H2,1H3/t13-,14+,15+,16-/m1/s1. The van der Waals surface area contributed by atoms with E-state index < -0.39 is 0 Å². The van der Waals surface area contributed by atoms with Gasteiger partial charge in [-0.15, -0.1) is 0 Å². The van der Waals surface area contributed by atoms with Crippen molar-refractivity contribution in [2.45, 2.75) is 70.4 Å². The summed E-state index contributed by atoms with van der Waals surface area (Å²) in [4.78, 5) is 14.1. The molecule has 1 saturated heterocycles. The quantitative estimate of drug-likeness (QED) is 0.719. The number of carbonyl (C=O) groups excluding carboxylic acids is 1. The van der Waals surface area contributed by atoms with Gasteiger partial charge < -0.3 is 4.74 Å². The molecule has 0 N–H and O–H groups in total. The number of hydrogen-bond donors (Lipinski definition) is 0. The predicted octanol–water partition coefficient (Wildman–Crippen LogP) is 2.98. The van der Waals surface area contributed by atoms with Crippen LogP contribution >= 0.6 is 0 Å². The maximum Gasteiger partial charge on any atom is 0.302 e. The molecule has 2 aliphatic carbocycles. The van der Waals surface area contributed by atoms with Gasteiger partial charge in [-0.25, -0.2) is 0 Å². The van der Waals surface area contributed by atoms with Crippen molar-refractivity contribution in [2.24, 2.45) is 11.8 Å². The minimum Gasteiger partial charge on any atom is -0.462 e. The molecule has 2 saturated carbocycles. The molecule has 4 atom stereocenters. The van der Waals surface area contributed by atoms with Crippen LogP contribution in [0.25, 0.3) is 0 Å². The third-order valence-corrected chi connectivity index (χ3v) is 5.49. The summed E-state index contributed by atoms with van der Waals surface area (Å²) >= 11 is 0. The lowest BCUT2D eigenvalue weighted by atomic mass is 9.67. The van der Waals surface area contributed by atoms with Gasteiger partial charge in [0.2, 0.25) is 0 Å². The second-order valence-electron chi connectivity index (χ2n) is 6.67. The fourth-order valence-electron chi connectivity index (χ4n) is 4.69. The first-order chi connectivity index (χ1) is 9.25. The second-order valence-corrected chi connectivity index (χ2v) is 6.67. The van der Waals surface area contributed by atoms with E-state index >= 15 is 0 Å². The summed E-state index contributed by atoms with van der Waals surface area (Å²) in [6.07, 6.45) is 10.8. The van der Waals surface area contributed by atoms with Crippen molar-refractivity contribution in [3.63, 3.8) is 0 Å². The lowest BCUT2D eigenvalue weighted by Gasteiger charge is -2.50. The fourth-order valence-corrected chi connectivity index (χ4v) is 4.69. The summed E-state index contributed by atoms with van der Waals surface area (Å²) in [6, 6.07) is 0.682. The van der Waals surface area contributed by atoms with Crippen molar-refractivity contribution in [1.29, 1.82) is 0 Å². The average Bonchev–Trinajstić information content (AvgIpc) is 2.39. The van der Waals surface area contributed by atoms with Crippen LogP contribution in [0.15, 0.2) is 0 Å². The van der Waals surface area contributed by atoms with Crippen molar-refractivity contribution in [3.05, 3.63) is 0 Å². The molecule has 0 aromatic rings. The van der Waals surface area contributed by atoms with E-state index in [1.807, 2.05) is 0 Å². The lowest BCUT2D eigenvalue weighted by Crippen LogP contribution is -2.54. The summed E-state index contributed by atoms with van der Waals surface area (Å²) in [7, 11) is 0. The molecule has 0 radical (unpaired) electrons. The summed E-state index contributed by atoms with van der Waals surface area (Å²) < 4.78 is 5.71. The zero-order valence-corrected chi connectivity index (χ0v) is 12.1. The summed E-state index contributed by atoms with van der Waals surface area (Å²) in [5.41, 5.74) is 0. The van der Waals surface area contributed by atoms with Gasteiger partial charge in [0.15, 0.2) is 0 Å². The Balaban J connectivity index is 1.72. The van der Waals surface area contributed by atoms with E-state index in [2.05, 4.69) is 4.90 Å². The SMILES string of the molecule is CC(=O)O[C@@H]1[C@@H]2CCC[C@H]1[C@@H](N1CCCCC1)CC2. The molecule has 1 aliphatic heterocycles. The molecule has 3 aliphatic rings. The van der Waals surface area contributed by atoms with Crippen molar-refractivity contribution in [3.8, 4) is 0 Å². The molecule has 0 amide bonds. The van der Waals surface area contributed by atoms with Crippen LogP contribution in [0.5, 0.6) is 0 Å². The highest BCUT2D eigenvalue weighted by atomic mass is 16.5. The van der Waals surface area contributed by atoms with Gasteiger partial charge in [0.25, 0.3) is 0 Å². The molecule has 0 spiro atoms. The van der Waals surface area contributed by atoms with Crippen LogP contribution in [0.4, 0.5) is 0 Å². The zero-order valence-electron chi connectivity index (χ0n) is 12.1. The Labute approximate surface area is 116 Å². The Hall–Kier alpha value is -0.570. The normalized spacial score (nSPS) is 39.8. The van der Waals surface area contributed by atoms with Crippen LogP contribution in [0, 0.1) is 11.8 Å².